The molecule has 2 nitrogen and oxygen atoms in total. The van der Waals surface area contributed by atoms with Gasteiger partial charge in [0.2, 0.25) is 0 Å². The number of fused-ring (bicyclic) bond motifs is 2. The van der Waals surface area contributed by atoms with Crippen LogP contribution < -0.4 is 0 Å². The molecule has 0 unspecified atom stereocenters. The molecule has 0 aliphatic heterocycles. The number of aryl methyl sites for hydroxylation is 2. The second-order valence-electron chi connectivity index (χ2n) is 5.23. The van der Waals surface area contributed by atoms with E-state index in [0.29, 0.717) is 13.1 Å². The van der Waals surface area contributed by atoms with Crippen molar-refractivity contribution in [2.75, 3.05) is 0 Å². The van der Waals surface area contributed by atoms with Crippen LogP contribution in [0.3, 0.4) is 0 Å². The van der Waals surface area contributed by atoms with Crippen molar-refractivity contribution in [3.8, 4) is 0 Å². The van der Waals surface area contributed by atoms with Crippen LogP contribution in [-0.2, 0) is 19.5 Å². The van der Waals surface area contributed by atoms with E-state index in [2.05, 4.69) is 0 Å². The van der Waals surface area contributed by atoms with Gasteiger partial charge in [-0.25, -0.2) is 0 Å². The zero-order valence-electron chi connectivity index (χ0n) is 23.0. The lowest BCUT2D eigenvalue weighted by atomic mass is 10.0. The first-order valence-electron chi connectivity index (χ1n) is 12.6. The lowest BCUT2D eigenvalue weighted by molar-refractivity contribution is 0.789. The van der Waals surface area contributed by atoms with Gasteiger partial charge in [0.15, 0.2) is 0 Å². The highest BCUT2D eigenvalue weighted by molar-refractivity contribution is 5.87. The minimum Gasteiger partial charge on any atom is -0.347 e. The highest BCUT2D eigenvalue weighted by Crippen LogP contribution is 2.28. The van der Waals surface area contributed by atoms with E-state index in [1.54, 1.807) is 23.0 Å². The van der Waals surface area contributed by atoms with Crippen LogP contribution in [0.2, 0.25) is 0 Å². The summed E-state index contributed by atoms with van der Waals surface area (Å²) in [5.41, 5.74) is 0.440. The molecule has 4 rings (SSSR count). The van der Waals surface area contributed by atoms with Crippen LogP contribution in [0.15, 0.2) is 60.7 Å². The molecule has 2 aromatic carbocycles. The Bertz CT molecular complexity index is 1340. The van der Waals surface area contributed by atoms with Gasteiger partial charge < -0.3 is 9.13 Å². The van der Waals surface area contributed by atoms with E-state index in [4.69, 9.17) is 13.7 Å². The molecule has 0 spiro atoms. The largest absolute Gasteiger partial charge is 0.347 e. The maximum atomic E-state index is 9.07. The average molecular weight is 312 g/mol. The van der Waals surface area contributed by atoms with Crippen LogP contribution in [0.25, 0.3) is 21.8 Å². The SMILES string of the molecule is [2H]c1c([2H])c([2H])c2c(c(C([2H])([2H])c3cn(CC)c4c([2H])c([2H])c([2H])c([2H])c34)cn2CC)c1[2H]. The minimum absolute atomic E-state index is 0.0221. The Morgan fingerprint density at radius 1 is 0.783 bits per heavy atom. The maximum absolute atomic E-state index is 9.07. The first kappa shape index (κ1) is 6.96. The van der Waals surface area contributed by atoms with E-state index < -0.39 is 30.5 Å². The summed E-state index contributed by atoms with van der Waals surface area (Å²) in [6.07, 6.45) is 0.634. The first-order chi connectivity index (χ1) is 15.4. The van der Waals surface area contributed by atoms with Crippen LogP contribution in [0, 0.1) is 0 Å². The molecule has 0 fully saturated rings. The molecule has 0 atom stereocenters. The van der Waals surface area contributed by atoms with Gasteiger partial charge in [0, 0.05) is 56.4 Å². The lowest BCUT2D eigenvalue weighted by Crippen LogP contribution is -1.91. The van der Waals surface area contributed by atoms with Crippen LogP contribution in [0.4, 0.5) is 0 Å². The predicted molar refractivity (Wildman–Crippen MR) is 98.0 cm³/mol. The van der Waals surface area contributed by atoms with Crippen molar-refractivity contribution >= 4 is 21.8 Å². The first-order valence-corrected chi connectivity index (χ1v) is 7.59. The van der Waals surface area contributed by atoms with E-state index in [0.717, 1.165) is 0 Å². The van der Waals surface area contributed by atoms with Crippen LogP contribution in [-0.4, -0.2) is 9.13 Å². The molecule has 0 saturated heterocycles. The summed E-state index contributed by atoms with van der Waals surface area (Å²) in [5, 5.41) is 0.122. The highest BCUT2D eigenvalue weighted by Gasteiger charge is 2.12. The fraction of sp³-hybridized carbons (Fsp3) is 0.238. The molecule has 2 heterocycles. The molecular weight excluding hydrogens is 280 g/mol. The third-order valence-corrected chi connectivity index (χ3v) is 3.97. The van der Waals surface area contributed by atoms with Crippen molar-refractivity contribution in [1.29, 1.82) is 0 Å². The quantitative estimate of drug-likeness (QED) is 0.488. The third kappa shape index (κ3) is 2.26. The molecule has 4 aromatic rings. The van der Waals surface area contributed by atoms with Crippen molar-refractivity contribution < 1.29 is 13.7 Å². The molecule has 2 heteroatoms. The minimum atomic E-state index is -2.31. The van der Waals surface area contributed by atoms with Crippen molar-refractivity contribution in [1.82, 2.24) is 9.13 Å². The van der Waals surface area contributed by atoms with Crippen LogP contribution >= 0.6 is 0 Å². The summed E-state index contributed by atoms with van der Waals surface area (Å²) in [7, 11) is 0. The summed E-state index contributed by atoms with van der Waals surface area (Å²) < 4.78 is 87.0. The van der Waals surface area contributed by atoms with E-state index in [9.17, 15) is 0 Å². The highest BCUT2D eigenvalue weighted by atomic mass is 15.0. The molecule has 0 bridgehead atoms. The number of para-hydroxylation sites is 2. The van der Waals surface area contributed by atoms with Crippen molar-refractivity contribution in [3.05, 3.63) is 71.9 Å². The Morgan fingerprint density at radius 3 is 1.65 bits per heavy atom. The predicted octanol–water partition coefficient (Wildman–Crippen LogP) is 5.23. The van der Waals surface area contributed by atoms with Gasteiger partial charge in [-0.05, 0) is 37.1 Å². The second-order valence-corrected chi connectivity index (χ2v) is 5.23. The molecule has 23 heavy (non-hydrogen) atoms. The van der Waals surface area contributed by atoms with Crippen LogP contribution in [0.5, 0.6) is 0 Å². The Hall–Kier alpha value is -2.48. The molecule has 0 radical (unpaired) electrons. The number of benzene rings is 2. The summed E-state index contributed by atoms with van der Waals surface area (Å²) >= 11 is 0. The van der Waals surface area contributed by atoms with E-state index in [1.165, 1.54) is 12.4 Å². The lowest BCUT2D eigenvalue weighted by Gasteiger charge is -1.98. The monoisotopic (exact) mass is 312 g/mol. The molecule has 0 saturated carbocycles. The van der Waals surface area contributed by atoms with Gasteiger partial charge in [0.25, 0.3) is 0 Å². The molecule has 0 aliphatic carbocycles. The van der Waals surface area contributed by atoms with Gasteiger partial charge in [-0.2, -0.15) is 0 Å². The summed E-state index contributed by atoms with van der Waals surface area (Å²) in [4.78, 5) is 0. The Balaban J connectivity index is 2.17. The number of aromatic nitrogens is 2. The van der Waals surface area contributed by atoms with Gasteiger partial charge in [-0.15, -0.1) is 0 Å². The van der Waals surface area contributed by atoms with Gasteiger partial charge in [-0.3, -0.25) is 0 Å². The smallest absolute Gasteiger partial charge is 0.0645 e. The number of nitrogens with zero attached hydrogens (tertiary/aromatic N) is 2. The Morgan fingerprint density at radius 2 is 1.22 bits per heavy atom. The Kier molecular flexibility index (Phi) is 1.70. The molecule has 0 N–H and O–H groups in total. The van der Waals surface area contributed by atoms with E-state index in [1.807, 2.05) is 0 Å². The molecule has 0 amide bonds. The zero-order chi connectivity index (χ0) is 24.6. The average Bonchev–Trinajstić information content (AvgIpc) is 3.38. The van der Waals surface area contributed by atoms with E-state index >= 15 is 0 Å². The maximum Gasteiger partial charge on any atom is 0.0645 e. The standard InChI is InChI=1S/C21H22N2/c1-3-22-14-16(18-9-5-7-11-20(18)22)13-17-15-23(4-2)21-12-8-6-10-19(17)21/h5-12,14-15H,3-4,13H2,1-2H3/i5D,6D,7D,8D,9D,10D,11D,12D,13D2. The molecule has 0 aliphatic rings. The van der Waals surface area contributed by atoms with Crippen LogP contribution in [0.1, 0.15) is 38.7 Å². The van der Waals surface area contributed by atoms with Crippen molar-refractivity contribution in [3.63, 3.8) is 0 Å². The number of rotatable bonds is 4. The molecular formula is C21H22N2. The molecule has 116 valence electrons. The van der Waals surface area contributed by atoms with Gasteiger partial charge >= 0.3 is 0 Å². The number of hydrogen-bond donors (Lipinski definition) is 0. The van der Waals surface area contributed by atoms with Crippen molar-refractivity contribution in [2.24, 2.45) is 0 Å². The summed E-state index contributed by atoms with van der Waals surface area (Å²) in [6.45, 7) is 4.29. The summed E-state index contributed by atoms with van der Waals surface area (Å²) in [5.74, 6) is 0. The second kappa shape index (κ2) is 5.62. The van der Waals surface area contributed by atoms with Gasteiger partial charge in [-0.1, -0.05) is 36.3 Å². The van der Waals surface area contributed by atoms with E-state index in [-0.39, 0.29) is 57.1 Å². The van der Waals surface area contributed by atoms with Gasteiger partial charge in [0.05, 0.1) is 11.0 Å². The zero-order valence-corrected chi connectivity index (χ0v) is 13.0. The van der Waals surface area contributed by atoms with Gasteiger partial charge in [0.1, 0.15) is 0 Å². The topological polar surface area (TPSA) is 9.86 Å². The van der Waals surface area contributed by atoms with Crippen molar-refractivity contribution in [2.45, 2.75) is 33.3 Å². The normalized spacial score (nSPS) is 18.3. The third-order valence-electron chi connectivity index (χ3n) is 3.97. The number of hydrogen-bond acceptors (Lipinski definition) is 0. The Labute approximate surface area is 151 Å². The summed E-state index contributed by atoms with van der Waals surface area (Å²) in [6, 6.07) is -2.93. The molecule has 2 aromatic heterocycles. The fourth-order valence-electron chi connectivity index (χ4n) is 2.84. The fourth-order valence-corrected chi connectivity index (χ4v) is 2.84.